The van der Waals surface area contributed by atoms with Gasteiger partial charge in [-0.3, -0.25) is 4.79 Å². The average Bonchev–Trinajstić information content (AvgIpc) is 2.27. The van der Waals surface area contributed by atoms with Crippen LogP contribution in [0.5, 0.6) is 0 Å². The van der Waals surface area contributed by atoms with E-state index in [0.29, 0.717) is 12.5 Å². The zero-order chi connectivity index (χ0) is 12.9. The molecule has 0 aromatic heterocycles. The lowest BCUT2D eigenvalue weighted by Crippen LogP contribution is -2.43. The maximum Gasteiger partial charge on any atom is 0.325 e. The van der Waals surface area contributed by atoms with Crippen molar-refractivity contribution in [2.75, 3.05) is 6.61 Å². The van der Waals surface area contributed by atoms with Crippen molar-refractivity contribution in [1.82, 2.24) is 0 Å². The highest BCUT2D eigenvalue weighted by Gasteiger charge is 2.26. The van der Waals surface area contributed by atoms with Gasteiger partial charge in [0.2, 0.25) is 0 Å². The number of halogens is 1. The lowest BCUT2D eigenvalue weighted by molar-refractivity contribution is -0.150. The minimum Gasteiger partial charge on any atom is -0.464 e. The zero-order valence-electron chi connectivity index (χ0n) is 11.9. The molecule has 2 N–H and O–H groups in total. The maximum atomic E-state index is 11.5. The van der Waals surface area contributed by atoms with Crippen LogP contribution in [0, 0.1) is 11.8 Å². The molecule has 0 aromatic rings. The van der Waals surface area contributed by atoms with Gasteiger partial charge in [-0.05, 0) is 38.5 Å². The monoisotopic (exact) mass is 277 g/mol. The molecular formula is C14H28ClNO2. The van der Waals surface area contributed by atoms with Crippen molar-refractivity contribution in [3.05, 3.63) is 0 Å². The predicted octanol–water partition coefficient (Wildman–Crippen LogP) is 3.30. The summed E-state index contributed by atoms with van der Waals surface area (Å²) in [5.41, 5.74) is 4.82. The Morgan fingerprint density at radius 2 is 1.72 bits per heavy atom. The number of ether oxygens (including phenoxy) is 1. The van der Waals surface area contributed by atoms with Crippen LogP contribution < -0.4 is 5.73 Å². The molecule has 1 aliphatic rings. The Hall–Kier alpha value is -0.280. The van der Waals surface area contributed by atoms with Gasteiger partial charge in [-0.2, -0.15) is 0 Å². The summed E-state index contributed by atoms with van der Waals surface area (Å²) >= 11 is 0. The summed E-state index contributed by atoms with van der Waals surface area (Å²) in [5.74, 6) is 1.17. The van der Waals surface area contributed by atoms with Crippen LogP contribution in [0.4, 0.5) is 0 Å². The van der Waals surface area contributed by atoms with E-state index in [9.17, 15) is 4.79 Å². The fourth-order valence-electron chi connectivity index (χ4n) is 2.47. The number of rotatable bonds is 5. The molecule has 0 unspecified atom stereocenters. The van der Waals surface area contributed by atoms with Crippen LogP contribution in [0.25, 0.3) is 0 Å². The summed E-state index contributed by atoms with van der Waals surface area (Å²) in [5, 5.41) is 0. The second-order valence-electron chi connectivity index (χ2n) is 6.00. The molecule has 3 nitrogen and oxygen atoms in total. The summed E-state index contributed by atoms with van der Waals surface area (Å²) in [7, 11) is 0. The highest BCUT2D eigenvalue weighted by Crippen LogP contribution is 2.31. The van der Waals surface area contributed by atoms with Crippen LogP contribution in [0.1, 0.15) is 59.3 Å². The van der Waals surface area contributed by atoms with Crippen molar-refractivity contribution in [3.8, 4) is 0 Å². The van der Waals surface area contributed by atoms with Gasteiger partial charge < -0.3 is 10.5 Å². The van der Waals surface area contributed by atoms with Crippen molar-refractivity contribution in [2.24, 2.45) is 17.6 Å². The molecule has 1 rings (SSSR count). The predicted molar refractivity (Wildman–Crippen MR) is 76.8 cm³/mol. The van der Waals surface area contributed by atoms with Gasteiger partial charge in [0.05, 0.1) is 6.61 Å². The number of carbonyl (C=O) groups excluding carboxylic acids is 1. The van der Waals surface area contributed by atoms with Crippen LogP contribution in [-0.2, 0) is 9.53 Å². The number of hydrogen-bond donors (Lipinski definition) is 1. The Bertz CT molecular complexity index is 243. The van der Waals surface area contributed by atoms with Crippen molar-refractivity contribution in [3.63, 3.8) is 0 Å². The molecule has 0 heterocycles. The van der Waals surface area contributed by atoms with Gasteiger partial charge in [0.1, 0.15) is 5.54 Å². The first-order valence-corrected chi connectivity index (χ1v) is 6.89. The van der Waals surface area contributed by atoms with E-state index in [1.807, 2.05) is 0 Å². The van der Waals surface area contributed by atoms with E-state index in [4.69, 9.17) is 10.5 Å². The first-order valence-electron chi connectivity index (χ1n) is 6.89. The first-order chi connectivity index (χ1) is 7.93. The Morgan fingerprint density at radius 1 is 1.22 bits per heavy atom. The fraction of sp³-hybridized carbons (Fsp3) is 0.929. The van der Waals surface area contributed by atoms with Gasteiger partial charge in [0, 0.05) is 0 Å². The third kappa shape index (κ3) is 6.05. The highest BCUT2D eigenvalue weighted by atomic mass is 35.5. The minimum atomic E-state index is -0.862. The van der Waals surface area contributed by atoms with E-state index in [0.717, 1.165) is 5.92 Å². The summed E-state index contributed by atoms with van der Waals surface area (Å²) in [4.78, 5) is 11.5. The molecule has 4 heteroatoms. The fourth-order valence-corrected chi connectivity index (χ4v) is 2.47. The Labute approximate surface area is 117 Å². The minimum absolute atomic E-state index is 0. The molecular weight excluding hydrogens is 250 g/mol. The number of carbonyl (C=O) groups is 1. The smallest absolute Gasteiger partial charge is 0.325 e. The third-order valence-corrected chi connectivity index (χ3v) is 3.64. The van der Waals surface area contributed by atoms with Gasteiger partial charge >= 0.3 is 5.97 Å². The van der Waals surface area contributed by atoms with Crippen molar-refractivity contribution < 1.29 is 9.53 Å². The SMILES string of the molecule is CCCC1CCC(COC(=O)C(C)(C)N)CC1.Cl. The molecule has 18 heavy (non-hydrogen) atoms. The Balaban J connectivity index is 0.00000289. The van der Waals surface area contributed by atoms with Gasteiger partial charge in [0.25, 0.3) is 0 Å². The van der Waals surface area contributed by atoms with E-state index < -0.39 is 5.54 Å². The van der Waals surface area contributed by atoms with E-state index in [2.05, 4.69) is 6.92 Å². The highest BCUT2D eigenvalue weighted by molar-refractivity contribution is 5.85. The van der Waals surface area contributed by atoms with E-state index in [1.165, 1.54) is 38.5 Å². The van der Waals surface area contributed by atoms with Crippen LogP contribution in [0.15, 0.2) is 0 Å². The van der Waals surface area contributed by atoms with Crippen molar-refractivity contribution in [1.29, 1.82) is 0 Å². The first kappa shape index (κ1) is 17.7. The van der Waals surface area contributed by atoms with Gasteiger partial charge in [-0.15, -0.1) is 12.4 Å². The van der Waals surface area contributed by atoms with Crippen LogP contribution in [0.2, 0.25) is 0 Å². The molecule has 1 saturated carbocycles. The second kappa shape index (κ2) is 8.00. The van der Waals surface area contributed by atoms with Crippen LogP contribution >= 0.6 is 12.4 Å². The molecule has 0 spiro atoms. The quantitative estimate of drug-likeness (QED) is 0.785. The summed E-state index contributed by atoms with van der Waals surface area (Å²) in [6.45, 7) is 6.18. The maximum absolute atomic E-state index is 11.5. The molecule has 0 amide bonds. The molecule has 1 aliphatic carbocycles. The largest absolute Gasteiger partial charge is 0.464 e. The van der Waals surface area contributed by atoms with Gasteiger partial charge in [0.15, 0.2) is 0 Å². The lowest BCUT2D eigenvalue weighted by atomic mass is 9.80. The third-order valence-electron chi connectivity index (χ3n) is 3.64. The molecule has 0 bridgehead atoms. The second-order valence-corrected chi connectivity index (χ2v) is 6.00. The summed E-state index contributed by atoms with van der Waals surface area (Å²) in [6.07, 6.45) is 7.62. The zero-order valence-corrected chi connectivity index (χ0v) is 12.7. The van der Waals surface area contributed by atoms with Crippen molar-refractivity contribution in [2.45, 2.75) is 64.8 Å². The Morgan fingerprint density at radius 3 is 2.17 bits per heavy atom. The van der Waals surface area contributed by atoms with E-state index in [-0.39, 0.29) is 18.4 Å². The lowest BCUT2D eigenvalue weighted by Gasteiger charge is -2.28. The molecule has 1 fully saturated rings. The number of esters is 1. The molecule has 0 radical (unpaired) electrons. The summed E-state index contributed by atoms with van der Waals surface area (Å²) in [6, 6.07) is 0. The van der Waals surface area contributed by atoms with Crippen LogP contribution in [0.3, 0.4) is 0 Å². The normalized spacial score (nSPS) is 24.2. The van der Waals surface area contributed by atoms with Crippen molar-refractivity contribution >= 4 is 18.4 Å². The number of hydrogen-bond acceptors (Lipinski definition) is 3. The Kier molecular flexibility index (Phi) is 7.88. The molecule has 0 aromatic carbocycles. The van der Waals surface area contributed by atoms with E-state index >= 15 is 0 Å². The number of nitrogens with two attached hydrogens (primary N) is 1. The van der Waals surface area contributed by atoms with Gasteiger partial charge in [-0.25, -0.2) is 0 Å². The molecule has 0 aliphatic heterocycles. The standard InChI is InChI=1S/C14H27NO2.ClH/c1-4-5-11-6-8-12(9-7-11)10-17-13(16)14(2,3)15;/h11-12H,4-10,15H2,1-3H3;1H. The molecule has 108 valence electrons. The van der Waals surface area contributed by atoms with Crippen LogP contribution in [-0.4, -0.2) is 18.1 Å². The van der Waals surface area contributed by atoms with E-state index in [1.54, 1.807) is 13.8 Å². The summed E-state index contributed by atoms with van der Waals surface area (Å²) < 4.78 is 5.28. The van der Waals surface area contributed by atoms with Gasteiger partial charge in [-0.1, -0.05) is 32.6 Å². The molecule has 0 saturated heterocycles. The molecule has 0 atom stereocenters. The topological polar surface area (TPSA) is 52.3 Å². The average molecular weight is 278 g/mol.